The van der Waals surface area contributed by atoms with Gasteiger partial charge in [-0.05, 0) is 51.0 Å². The molecule has 2 aromatic rings. The topological polar surface area (TPSA) is 74.8 Å². The minimum Gasteiger partial charge on any atom is -0.322 e. The first kappa shape index (κ1) is 14.0. The Morgan fingerprint density at radius 2 is 1.70 bits per heavy atom. The van der Waals surface area contributed by atoms with Crippen molar-refractivity contribution in [3.05, 3.63) is 56.8 Å². The minimum absolute atomic E-state index is 0.0507. The molecule has 0 saturated carbocycles. The Kier molecular flexibility index (Phi) is 3.70. The van der Waals surface area contributed by atoms with E-state index in [1.165, 1.54) is 0 Å². The SMILES string of the molecule is Cc1cc(C)cc(NC(=O)c2c(C)nc(C)[nH]c2=O)c1. The van der Waals surface area contributed by atoms with Crippen LogP contribution in [0.5, 0.6) is 0 Å². The van der Waals surface area contributed by atoms with E-state index in [1.54, 1.807) is 13.8 Å². The van der Waals surface area contributed by atoms with E-state index >= 15 is 0 Å². The number of hydrogen-bond donors (Lipinski definition) is 2. The van der Waals surface area contributed by atoms with Gasteiger partial charge >= 0.3 is 0 Å². The molecular formula is C15H17N3O2. The Morgan fingerprint density at radius 1 is 1.10 bits per heavy atom. The molecule has 5 heteroatoms. The molecule has 20 heavy (non-hydrogen) atoms. The number of aryl methyl sites for hydroxylation is 4. The van der Waals surface area contributed by atoms with Crippen molar-refractivity contribution in [3.8, 4) is 0 Å². The molecule has 1 aromatic heterocycles. The third-order valence-corrected chi connectivity index (χ3v) is 2.93. The second-order valence-corrected chi connectivity index (χ2v) is 4.94. The first-order chi connectivity index (χ1) is 9.36. The van der Waals surface area contributed by atoms with Crippen LogP contribution in [0.4, 0.5) is 5.69 Å². The van der Waals surface area contributed by atoms with E-state index in [4.69, 9.17) is 0 Å². The van der Waals surface area contributed by atoms with Crippen molar-refractivity contribution in [1.29, 1.82) is 0 Å². The van der Waals surface area contributed by atoms with Crippen LogP contribution < -0.4 is 10.9 Å². The van der Waals surface area contributed by atoms with Crippen molar-refractivity contribution in [3.63, 3.8) is 0 Å². The number of anilines is 1. The highest BCUT2D eigenvalue weighted by atomic mass is 16.2. The van der Waals surface area contributed by atoms with Crippen molar-refractivity contribution in [2.24, 2.45) is 0 Å². The zero-order valence-electron chi connectivity index (χ0n) is 12.0. The van der Waals surface area contributed by atoms with Crippen LogP contribution in [0, 0.1) is 27.7 Å². The molecule has 1 amide bonds. The van der Waals surface area contributed by atoms with Gasteiger partial charge in [-0.3, -0.25) is 9.59 Å². The molecule has 1 aromatic carbocycles. The summed E-state index contributed by atoms with van der Waals surface area (Å²) >= 11 is 0. The number of hydrogen-bond acceptors (Lipinski definition) is 3. The number of rotatable bonds is 2. The van der Waals surface area contributed by atoms with Crippen molar-refractivity contribution < 1.29 is 4.79 Å². The second kappa shape index (κ2) is 5.28. The molecule has 0 fully saturated rings. The molecule has 0 unspecified atom stereocenters. The van der Waals surface area contributed by atoms with Gasteiger partial charge in [-0.2, -0.15) is 0 Å². The molecule has 2 N–H and O–H groups in total. The monoisotopic (exact) mass is 271 g/mol. The Balaban J connectivity index is 2.36. The van der Waals surface area contributed by atoms with E-state index in [2.05, 4.69) is 15.3 Å². The first-order valence-electron chi connectivity index (χ1n) is 6.34. The average Bonchev–Trinajstić information content (AvgIpc) is 2.25. The zero-order chi connectivity index (χ0) is 14.9. The van der Waals surface area contributed by atoms with Crippen LogP contribution in [0.1, 0.15) is 33.0 Å². The molecule has 0 bridgehead atoms. The summed E-state index contributed by atoms with van der Waals surface area (Å²) in [6.07, 6.45) is 0. The summed E-state index contributed by atoms with van der Waals surface area (Å²) in [5.74, 6) is 0.0525. The van der Waals surface area contributed by atoms with Crippen LogP contribution in [-0.2, 0) is 0 Å². The van der Waals surface area contributed by atoms with Gasteiger partial charge in [0.25, 0.3) is 11.5 Å². The predicted molar refractivity (Wildman–Crippen MR) is 78.2 cm³/mol. The van der Waals surface area contributed by atoms with Crippen LogP contribution >= 0.6 is 0 Å². The van der Waals surface area contributed by atoms with Crippen LogP contribution in [0.3, 0.4) is 0 Å². The highest BCUT2D eigenvalue weighted by Crippen LogP contribution is 2.14. The maximum atomic E-state index is 12.2. The number of benzene rings is 1. The van der Waals surface area contributed by atoms with E-state index in [1.807, 2.05) is 32.0 Å². The predicted octanol–water partition coefficient (Wildman–Crippen LogP) is 2.26. The summed E-state index contributed by atoms with van der Waals surface area (Å²) in [7, 11) is 0. The van der Waals surface area contributed by atoms with E-state index in [9.17, 15) is 9.59 Å². The van der Waals surface area contributed by atoms with Crippen molar-refractivity contribution in [2.75, 3.05) is 5.32 Å². The number of aromatic amines is 1. The van der Waals surface area contributed by atoms with E-state index in [-0.39, 0.29) is 5.56 Å². The number of carbonyl (C=O) groups excluding carboxylic acids is 1. The summed E-state index contributed by atoms with van der Waals surface area (Å²) in [6.45, 7) is 7.24. The van der Waals surface area contributed by atoms with Crippen molar-refractivity contribution in [1.82, 2.24) is 9.97 Å². The van der Waals surface area contributed by atoms with Crippen LogP contribution in [0.2, 0.25) is 0 Å². The summed E-state index contributed by atoms with van der Waals surface area (Å²) in [6, 6.07) is 5.73. The van der Waals surface area contributed by atoms with Gasteiger partial charge in [0.1, 0.15) is 11.4 Å². The minimum atomic E-state index is -0.443. The number of H-pyrrole nitrogens is 1. The molecule has 0 spiro atoms. The number of nitrogens with zero attached hydrogens (tertiary/aromatic N) is 1. The number of carbonyl (C=O) groups is 1. The number of aromatic nitrogens is 2. The first-order valence-corrected chi connectivity index (χ1v) is 6.34. The lowest BCUT2D eigenvalue weighted by atomic mass is 10.1. The average molecular weight is 271 g/mol. The molecular weight excluding hydrogens is 254 g/mol. The molecule has 0 atom stereocenters. The lowest BCUT2D eigenvalue weighted by molar-refractivity contribution is 0.102. The summed E-state index contributed by atoms with van der Waals surface area (Å²) in [5, 5.41) is 2.74. The zero-order valence-corrected chi connectivity index (χ0v) is 12.0. The second-order valence-electron chi connectivity index (χ2n) is 4.94. The van der Waals surface area contributed by atoms with Gasteiger partial charge in [0.15, 0.2) is 0 Å². The Labute approximate surface area is 117 Å². The highest BCUT2D eigenvalue weighted by Gasteiger charge is 2.15. The fourth-order valence-corrected chi connectivity index (χ4v) is 2.23. The normalized spacial score (nSPS) is 10.4. The summed E-state index contributed by atoms with van der Waals surface area (Å²) in [4.78, 5) is 30.7. The van der Waals surface area contributed by atoms with Gasteiger partial charge in [-0.25, -0.2) is 4.98 Å². The van der Waals surface area contributed by atoms with Crippen LogP contribution in [0.25, 0.3) is 0 Å². The molecule has 5 nitrogen and oxygen atoms in total. The molecule has 0 radical (unpaired) electrons. The Hall–Kier alpha value is -2.43. The largest absolute Gasteiger partial charge is 0.322 e. The van der Waals surface area contributed by atoms with Crippen molar-refractivity contribution >= 4 is 11.6 Å². The molecule has 0 aliphatic carbocycles. The summed E-state index contributed by atoms with van der Waals surface area (Å²) in [5.41, 5.74) is 2.83. The smallest absolute Gasteiger partial charge is 0.264 e. The van der Waals surface area contributed by atoms with E-state index < -0.39 is 11.5 Å². The van der Waals surface area contributed by atoms with Gasteiger partial charge in [0.05, 0.1) is 5.69 Å². The summed E-state index contributed by atoms with van der Waals surface area (Å²) < 4.78 is 0. The maximum Gasteiger partial charge on any atom is 0.264 e. The van der Waals surface area contributed by atoms with Gasteiger partial charge < -0.3 is 10.3 Å². The maximum absolute atomic E-state index is 12.2. The number of amides is 1. The highest BCUT2D eigenvalue weighted by molar-refractivity contribution is 6.04. The molecule has 1 heterocycles. The molecule has 2 rings (SSSR count). The molecule has 0 aliphatic heterocycles. The van der Waals surface area contributed by atoms with Crippen LogP contribution in [0.15, 0.2) is 23.0 Å². The fourth-order valence-electron chi connectivity index (χ4n) is 2.23. The molecule has 0 aliphatic rings. The Bertz CT molecular complexity index is 712. The van der Waals surface area contributed by atoms with Gasteiger partial charge in [-0.15, -0.1) is 0 Å². The van der Waals surface area contributed by atoms with Gasteiger partial charge in [-0.1, -0.05) is 6.07 Å². The quantitative estimate of drug-likeness (QED) is 0.879. The number of nitrogens with one attached hydrogen (secondary N) is 2. The van der Waals surface area contributed by atoms with E-state index in [0.717, 1.165) is 11.1 Å². The standard InChI is InChI=1S/C15H17N3O2/c1-8-5-9(2)7-12(6-8)18-15(20)13-10(3)16-11(4)17-14(13)19/h5-7H,1-4H3,(H,18,20)(H,16,17,19). The van der Waals surface area contributed by atoms with Crippen molar-refractivity contribution in [2.45, 2.75) is 27.7 Å². The third kappa shape index (κ3) is 2.93. The van der Waals surface area contributed by atoms with Crippen LogP contribution in [-0.4, -0.2) is 15.9 Å². The fraction of sp³-hybridized carbons (Fsp3) is 0.267. The van der Waals surface area contributed by atoms with Gasteiger partial charge in [0.2, 0.25) is 0 Å². The third-order valence-electron chi connectivity index (χ3n) is 2.93. The van der Waals surface area contributed by atoms with Gasteiger partial charge in [0, 0.05) is 5.69 Å². The van der Waals surface area contributed by atoms with E-state index in [0.29, 0.717) is 17.2 Å². The molecule has 104 valence electrons. The lowest BCUT2D eigenvalue weighted by Gasteiger charge is -2.08. The molecule has 0 saturated heterocycles. The Morgan fingerprint density at radius 3 is 2.25 bits per heavy atom. The lowest BCUT2D eigenvalue weighted by Crippen LogP contribution is -2.26.